The molecule has 14 heavy (non-hydrogen) atoms. The van der Waals surface area contributed by atoms with Crippen LogP contribution >= 0.6 is 0 Å². The van der Waals surface area contributed by atoms with Gasteiger partial charge in [0.25, 0.3) is 0 Å². The Bertz CT molecular complexity index is 134. The minimum Gasteiger partial charge on any atom is -0.378 e. The van der Waals surface area contributed by atoms with E-state index in [1.54, 1.807) is 0 Å². The molecule has 0 aromatic rings. The van der Waals surface area contributed by atoms with Crippen LogP contribution in [0.4, 0.5) is 0 Å². The molecule has 84 valence electrons. The van der Waals surface area contributed by atoms with Gasteiger partial charge in [-0.15, -0.1) is 0 Å². The summed E-state index contributed by atoms with van der Waals surface area (Å²) in [7, 11) is 0. The zero-order valence-electron chi connectivity index (χ0n) is 9.72. The molecule has 0 heterocycles. The summed E-state index contributed by atoms with van der Waals surface area (Å²) in [5.41, 5.74) is 0. The largest absolute Gasteiger partial charge is 0.378 e. The smallest absolute Gasteiger partial charge is 0.0547 e. The molecule has 2 heteroatoms. The van der Waals surface area contributed by atoms with Gasteiger partial charge in [0.2, 0.25) is 0 Å². The normalized spacial score (nSPS) is 18.4. The third kappa shape index (κ3) is 6.39. The number of nitrogens with one attached hydrogen (secondary N) is 1. The summed E-state index contributed by atoms with van der Waals surface area (Å²) < 4.78 is 5.74. The van der Waals surface area contributed by atoms with Gasteiger partial charge in [-0.25, -0.2) is 0 Å². The summed E-state index contributed by atoms with van der Waals surface area (Å²) in [4.78, 5) is 0. The number of rotatable bonds is 9. The molecule has 1 aliphatic rings. The maximum atomic E-state index is 5.74. The van der Waals surface area contributed by atoms with Crippen LogP contribution < -0.4 is 5.32 Å². The van der Waals surface area contributed by atoms with E-state index in [0.29, 0.717) is 6.10 Å². The van der Waals surface area contributed by atoms with Gasteiger partial charge in [0.05, 0.1) is 6.10 Å². The van der Waals surface area contributed by atoms with E-state index >= 15 is 0 Å². The Balaban J connectivity index is 1.79. The molecule has 0 saturated heterocycles. The first-order valence-electron chi connectivity index (χ1n) is 6.15. The van der Waals surface area contributed by atoms with Gasteiger partial charge in [-0.3, -0.25) is 0 Å². The molecule has 0 aromatic heterocycles. The fourth-order valence-electron chi connectivity index (χ4n) is 1.48. The molecule has 2 nitrogen and oxygen atoms in total. The van der Waals surface area contributed by atoms with Crippen molar-refractivity contribution in [2.75, 3.05) is 19.7 Å². The lowest BCUT2D eigenvalue weighted by Crippen LogP contribution is -2.18. The van der Waals surface area contributed by atoms with Crippen LogP contribution in [0.5, 0.6) is 0 Å². The Hall–Kier alpha value is -0.0800. The quantitative estimate of drug-likeness (QED) is 0.576. The molecule has 1 atom stereocenters. The van der Waals surface area contributed by atoms with E-state index in [2.05, 4.69) is 19.2 Å². The predicted octanol–water partition coefficient (Wildman–Crippen LogP) is 2.58. The summed E-state index contributed by atoms with van der Waals surface area (Å²) in [6, 6.07) is 0. The van der Waals surface area contributed by atoms with Crippen LogP contribution in [-0.4, -0.2) is 25.8 Å². The average Bonchev–Trinajstić information content (AvgIpc) is 2.98. The summed E-state index contributed by atoms with van der Waals surface area (Å²) in [5.74, 6) is 0.899. The zero-order valence-corrected chi connectivity index (χ0v) is 9.72. The number of hydrogen-bond acceptors (Lipinski definition) is 2. The topological polar surface area (TPSA) is 21.3 Å². The fraction of sp³-hybridized carbons (Fsp3) is 1.00. The molecule has 0 amide bonds. The van der Waals surface area contributed by atoms with E-state index in [1.807, 2.05) is 0 Å². The van der Waals surface area contributed by atoms with Gasteiger partial charge >= 0.3 is 0 Å². The standard InChI is InChI=1S/C12H25NO/c1-3-8-13-9-4-5-11(2)14-10-12-6-7-12/h11-13H,3-10H2,1-2H3. The van der Waals surface area contributed by atoms with Crippen molar-refractivity contribution in [2.45, 2.75) is 52.1 Å². The second-order valence-electron chi connectivity index (χ2n) is 4.48. The summed E-state index contributed by atoms with van der Waals surface area (Å²) in [6.07, 6.45) is 6.91. The molecule has 1 unspecified atom stereocenters. The minimum absolute atomic E-state index is 0.457. The maximum Gasteiger partial charge on any atom is 0.0547 e. The van der Waals surface area contributed by atoms with E-state index in [4.69, 9.17) is 4.74 Å². The van der Waals surface area contributed by atoms with Crippen LogP contribution in [0.2, 0.25) is 0 Å². The molecule has 0 radical (unpaired) electrons. The molecule has 0 aromatic carbocycles. The van der Waals surface area contributed by atoms with Crippen LogP contribution in [0, 0.1) is 5.92 Å². The molecule has 1 fully saturated rings. The molecule has 1 rings (SSSR count). The highest BCUT2D eigenvalue weighted by atomic mass is 16.5. The lowest BCUT2D eigenvalue weighted by molar-refractivity contribution is 0.0516. The lowest BCUT2D eigenvalue weighted by Gasteiger charge is -2.12. The van der Waals surface area contributed by atoms with Gasteiger partial charge in [0.15, 0.2) is 0 Å². The first kappa shape index (κ1) is 12.0. The number of ether oxygens (including phenoxy) is 1. The molecule has 0 aliphatic heterocycles. The summed E-state index contributed by atoms with van der Waals surface area (Å²) >= 11 is 0. The monoisotopic (exact) mass is 199 g/mol. The van der Waals surface area contributed by atoms with E-state index in [9.17, 15) is 0 Å². The van der Waals surface area contributed by atoms with Crippen LogP contribution in [-0.2, 0) is 4.74 Å². The van der Waals surface area contributed by atoms with Gasteiger partial charge in [-0.1, -0.05) is 6.92 Å². The second kappa shape index (κ2) is 7.24. The van der Waals surface area contributed by atoms with Crippen molar-refractivity contribution in [1.82, 2.24) is 5.32 Å². The summed E-state index contributed by atoms with van der Waals surface area (Å²) in [6.45, 7) is 7.70. The predicted molar refractivity (Wildman–Crippen MR) is 60.5 cm³/mol. The molecule has 0 spiro atoms. The molecule has 1 aliphatic carbocycles. The highest BCUT2D eigenvalue weighted by Gasteiger charge is 2.21. The van der Waals surface area contributed by atoms with Crippen molar-refractivity contribution in [1.29, 1.82) is 0 Å². The number of hydrogen-bond donors (Lipinski definition) is 1. The highest BCUT2D eigenvalue weighted by molar-refractivity contribution is 4.72. The van der Waals surface area contributed by atoms with E-state index < -0.39 is 0 Å². The van der Waals surface area contributed by atoms with Crippen LogP contribution in [0.25, 0.3) is 0 Å². The van der Waals surface area contributed by atoms with Crippen LogP contribution in [0.1, 0.15) is 46.0 Å². The van der Waals surface area contributed by atoms with Crippen LogP contribution in [0.15, 0.2) is 0 Å². The Morgan fingerprint density at radius 1 is 1.36 bits per heavy atom. The van der Waals surface area contributed by atoms with Gasteiger partial charge in [-0.2, -0.15) is 0 Å². The average molecular weight is 199 g/mol. The first-order valence-corrected chi connectivity index (χ1v) is 6.15. The highest BCUT2D eigenvalue weighted by Crippen LogP contribution is 2.29. The van der Waals surface area contributed by atoms with Crippen molar-refractivity contribution in [3.63, 3.8) is 0 Å². The van der Waals surface area contributed by atoms with Crippen molar-refractivity contribution in [3.8, 4) is 0 Å². The SMILES string of the molecule is CCCNCCCC(C)OCC1CC1. The molecule has 0 bridgehead atoms. The van der Waals surface area contributed by atoms with E-state index in [1.165, 1.54) is 32.1 Å². The van der Waals surface area contributed by atoms with Gasteiger partial charge in [-0.05, 0) is 58.0 Å². The van der Waals surface area contributed by atoms with Gasteiger partial charge in [0.1, 0.15) is 0 Å². The lowest BCUT2D eigenvalue weighted by atomic mass is 10.2. The van der Waals surface area contributed by atoms with Crippen molar-refractivity contribution >= 4 is 0 Å². The van der Waals surface area contributed by atoms with Crippen molar-refractivity contribution in [3.05, 3.63) is 0 Å². The molecule has 1 saturated carbocycles. The Labute approximate surface area is 88.4 Å². The minimum atomic E-state index is 0.457. The van der Waals surface area contributed by atoms with Crippen LogP contribution in [0.3, 0.4) is 0 Å². The third-order valence-electron chi connectivity index (χ3n) is 2.70. The first-order chi connectivity index (χ1) is 6.83. The zero-order chi connectivity index (χ0) is 10.2. The van der Waals surface area contributed by atoms with E-state index in [-0.39, 0.29) is 0 Å². The maximum absolute atomic E-state index is 5.74. The summed E-state index contributed by atoms with van der Waals surface area (Å²) in [5, 5.41) is 3.41. The second-order valence-corrected chi connectivity index (χ2v) is 4.48. The third-order valence-corrected chi connectivity index (χ3v) is 2.70. The van der Waals surface area contributed by atoms with Crippen molar-refractivity contribution < 1.29 is 4.74 Å². The molecule has 1 N–H and O–H groups in total. The molecular formula is C12H25NO. The van der Waals surface area contributed by atoms with Gasteiger partial charge < -0.3 is 10.1 Å². The Morgan fingerprint density at radius 3 is 2.79 bits per heavy atom. The molecular weight excluding hydrogens is 174 g/mol. The Morgan fingerprint density at radius 2 is 2.14 bits per heavy atom. The van der Waals surface area contributed by atoms with E-state index in [0.717, 1.165) is 25.6 Å². The fourth-order valence-corrected chi connectivity index (χ4v) is 1.48. The van der Waals surface area contributed by atoms with Gasteiger partial charge in [0, 0.05) is 6.61 Å². The van der Waals surface area contributed by atoms with Crippen molar-refractivity contribution in [2.24, 2.45) is 5.92 Å². The Kier molecular flexibility index (Phi) is 6.20.